The highest BCUT2D eigenvalue weighted by atomic mass is 16.7. The van der Waals surface area contributed by atoms with Crippen LogP contribution in [0.1, 0.15) is 48.5 Å². The normalized spacial score (nSPS) is 25.0. The largest absolute Gasteiger partial charge is 0.492 e. The Morgan fingerprint density at radius 1 is 1.20 bits per heavy atom. The Bertz CT molecular complexity index is 576. The number of hydrogen-bond acceptors (Lipinski definition) is 6. The molecule has 1 saturated heterocycles. The van der Waals surface area contributed by atoms with E-state index in [1.54, 1.807) is 26.8 Å². The van der Waals surface area contributed by atoms with E-state index in [2.05, 4.69) is 0 Å². The average Bonchev–Trinajstić information content (AvgIpc) is 2.96. The predicted octanol–water partition coefficient (Wildman–Crippen LogP) is 2.34. The zero-order valence-electron chi connectivity index (χ0n) is 16.3. The van der Waals surface area contributed by atoms with Crippen LogP contribution in [0.5, 0.6) is 0 Å². The lowest BCUT2D eigenvalue weighted by atomic mass is 9.78. The highest BCUT2D eigenvalue weighted by Crippen LogP contribution is 2.39. The zero-order chi connectivity index (χ0) is 19.2. The summed E-state index contributed by atoms with van der Waals surface area (Å²) >= 11 is 0. The molecule has 0 radical (unpaired) electrons. The summed E-state index contributed by atoms with van der Waals surface area (Å²) in [5.41, 5.74) is -0.956. The van der Waals surface area contributed by atoms with Gasteiger partial charge in [0.25, 0.3) is 0 Å². The first-order valence-electron chi connectivity index (χ1n) is 8.41. The van der Waals surface area contributed by atoms with Crippen LogP contribution < -0.4 is 0 Å². The number of carbonyl (C=O) groups is 2. The second kappa shape index (κ2) is 6.32. The van der Waals surface area contributed by atoms with Crippen molar-refractivity contribution in [3.8, 4) is 0 Å². The fraction of sp³-hybridized carbons (Fsp3) is 0.765. The molecule has 2 aliphatic rings. The van der Waals surface area contributed by atoms with Gasteiger partial charge < -0.3 is 18.8 Å². The Hall–Kier alpha value is -1.54. The van der Waals surface area contributed by atoms with Gasteiger partial charge in [0.15, 0.2) is 6.04 Å². The van der Waals surface area contributed by atoms with E-state index in [0.717, 1.165) is 0 Å². The molecule has 2 aliphatic heterocycles. The van der Waals surface area contributed by atoms with Crippen LogP contribution in [-0.4, -0.2) is 60.6 Å². The molecule has 0 aromatic rings. The summed E-state index contributed by atoms with van der Waals surface area (Å²) in [6.45, 7) is 13.3. The Morgan fingerprint density at radius 2 is 1.72 bits per heavy atom. The molecule has 1 amide bonds. The number of amides is 1. The molecule has 1 fully saturated rings. The van der Waals surface area contributed by atoms with E-state index in [-0.39, 0.29) is 6.54 Å². The van der Waals surface area contributed by atoms with E-state index < -0.39 is 42.0 Å². The topological polar surface area (TPSA) is 74.3 Å². The minimum absolute atomic E-state index is 0.186. The van der Waals surface area contributed by atoms with Crippen molar-refractivity contribution >= 4 is 19.2 Å². The molecule has 0 unspecified atom stereocenters. The molecule has 25 heavy (non-hydrogen) atoms. The number of esters is 1. The van der Waals surface area contributed by atoms with E-state index in [1.807, 2.05) is 27.7 Å². The first-order valence-corrected chi connectivity index (χ1v) is 8.41. The fourth-order valence-electron chi connectivity index (χ4n) is 2.60. The maximum Gasteiger partial charge on any atom is 0.492 e. The monoisotopic (exact) mass is 353 g/mol. The standard InChI is InChI=1S/C17H28BNO6/c1-15(2,3)23-14(21)19-10-11(9-12(19)13(20)22-8)18-24-16(4,5)17(6,7)25-18/h9,12H,10H2,1-8H3/t12-/m1/s1. The van der Waals surface area contributed by atoms with Crippen LogP contribution in [0.25, 0.3) is 0 Å². The summed E-state index contributed by atoms with van der Waals surface area (Å²) in [6, 6.07) is -0.853. The van der Waals surface area contributed by atoms with Gasteiger partial charge in [-0.2, -0.15) is 0 Å². The van der Waals surface area contributed by atoms with Crippen LogP contribution in [-0.2, 0) is 23.6 Å². The Labute approximate surface area is 149 Å². The molecule has 140 valence electrons. The number of nitrogens with zero attached hydrogens (tertiary/aromatic N) is 1. The van der Waals surface area contributed by atoms with Crippen LogP contribution in [0, 0.1) is 0 Å². The van der Waals surface area contributed by atoms with Crippen molar-refractivity contribution in [2.24, 2.45) is 0 Å². The van der Waals surface area contributed by atoms with Gasteiger partial charge in [-0.25, -0.2) is 9.59 Å². The lowest BCUT2D eigenvalue weighted by Gasteiger charge is -2.32. The summed E-state index contributed by atoms with van der Waals surface area (Å²) in [5.74, 6) is -0.530. The van der Waals surface area contributed by atoms with Crippen molar-refractivity contribution in [3.63, 3.8) is 0 Å². The lowest BCUT2D eigenvalue weighted by Crippen LogP contribution is -2.44. The second-order valence-electron chi connectivity index (χ2n) is 8.41. The van der Waals surface area contributed by atoms with Crippen LogP contribution in [0.15, 0.2) is 11.5 Å². The highest BCUT2D eigenvalue weighted by molar-refractivity contribution is 6.55. The van der Waals surface area contributed by atoms with Crippen LogP contribution >= 0.6 is 0 Å². The van der Waals surface area contributed by atoms with E-state index in [1.165, 1.54) is 12.0 Å². The summed E-state index contributed by atoms with van der Waals surface area (Å²) < 4.78 is 22.3. The Balaban J connectivity index is 2.22. The first kappa shape index (κ1) is 19.8. The predicted molar refractivity (Wildman–Crippen MR) is 92.9 cm³/mol. The molecule has 2 heterocycles. The molecule has 2 rings (SSSR count). The Kier molecular flexibility index (Phi) is 5.00. The van der Waals surface area contributed by atoms with E-state index in [9.17, 15) is 9.59 Å². The molecule has 1 atom stereocenters. The number of carbonyl (C=O) groups excluding carboxylic acids is 2. The summed E-state index contributed by atoms with van der Waals surface area (Å²) in [4.78, 5) is 25.9. The van der Waals surface area contributed by atoms with Crippen molar-refractivity contribution in [1.82, 2.24) is 4.90 Å². The lowest BCUT2D eigenvalue weighted by molar-refractivity contribution is -0.144. The summed E-state index contributed by atoms with van der Waals surface area (Å²) in [6.07, 6.45) is 1.09. The van der Waals surface area contributed by atoms with Gasteiger partial charge in [-0.1, -0.05) is 6.08 Å². The van der Waals surface area contributed by atoms with E-state index >= 15 is 0 Å². The van der Waals surface area contributed by atoms with Gasteiger partial charge in [0, 0.05) is 6.54 Å². The summed E-state index contributed by atoms with van der Waals surface area (Å²) in [5, 5.41) is 0. The van der Waals surface area contributed by atoms with E-state index in [4.69, 9.17) is 18.8 Å². The smallest absolute Gasteiger partial charge is 0.467 e. The Morgan fingerprint density at radius 3 is 2.16 bits per heavy atom. The van der Waals surface area contributed by atoms with Gasteiger partial charge in [-0.05, 0) is 53.9 Å². The third-order valence-electron chi connectivity index (χ3n) is 4.69. The van der Waals surface area contributed by atoms with E-state index in [0.29, 0.717) is 5.47 Å². The third kappa shape index (κ3) is 4.01. The van der Waals surface area contributed by atoms with Gasteiger partial charge in [-0.3, -0.25) is 4.90 Å². The SMILES string of the molecule is COC(=O)[C@H]1C=C(B2OC(C)(C)C(C)(C)O2)CN1C(=O)OC(C)(C)C. The number of methoxy groups -OCH3 is 1. The molecule has 0 N–H and O–H groups in total. The molecule has 0 spiro atoms. The third-order valence-corrected chi connectivity index (χ3v) is 4.69. The summed E-state index contributed by atoms with van der Waals surface area (Å²) in [7, 11) is 0.667. The zero-order valence-corrected chi connectivity index (χ0v) is 16.3. The molecule has 0 aliphatic carbocycles. The van der Waals surface area contributed by atoms with Crippen molar-refractivity contribution in [2.75, 3.05) is 13.7 Å². The van der Waals surface area contributed by atoms with Gasteiger partial charge >= 0.3 is 19.2 Å². The maximum absolute atomic E-state index is 12.5. The quantitative estimate of drug-likeness (QED) is 0.560. The number of ether oxygens (including phenoxy) is 2. The van der Waals surface area contributed by atoms with Crippen LogP contribution in [0.3, 0.4) is 0 Å². The van der Waals surface area contributed by atoms with Crippen LogP contribution in [0.2, 0.25) is 0 Å². The minimum atomic E-state index is -0.853. The fourth-order valence-corrected chi connectivity index (χ4v) is 2.60. The maximum atomic E-state index is 12.5. The average molecular weight is 353 g/mol. The second-order valence-corrected chi connectivity index (χ2v) is 8.41. The minimum Gasteiger partial charge on any atom is -0.467 e. The van der Waals surface area contributed by atoms with Gasteiger partial charge in [0.2, 0.25) is 0 Å². The molecule has 0 saturated carbocycles. The van der Waals surface area contributed by atoms with Crippen molar-refractivity contribution < 1.29 is 28.4 Å². The molecule has 0 bridgehead atoms. The molecule has 0 aromatic carbocycles. The molecular weight excluding hydrogens is 325 g/mol. The van der Waals surface area contributed by atoms with Gasteiger partial charge in [0.1, 0.15) is 5.60 Å². The van der Waals surface area contributed by atoms with Crippen molar-refractivity contribution in [1.29, 1.82) is 0 Å². The molecular formula is C17H28BNO6. The van der Waals surface area contributed by atoms with Crippen molar-refractivity contribution in [3.05, 3.63) is 11.5 Å². The molecule has 0 aromatic heterocycles. The number of rotatable bonds is 2. The molecule has 8 heteroatoms. The first-order chi connectivity index (χ1) is 11.3. The van der Waals surface area contributed by atoms with Crippen molar-refractivity contribution in [2.45, 2.75) is 71.3 Å². The molecule has 7 nitrogen and oxygen atoms in total. The highest BCUT2D eigenvalue weighted by Gasteiger charge is 2.54. The van der Waals surface area contributed by atoms with Gasteiger partial charge in [-0.15, -0.1) is 0 Å². The van der Waals surface area contributed by atoms with Gasteiger partial charge in [0.05, 0.1) is 18.3 Å². The number of hydrogen-bond donors (Lipinski definition) is 0. The van der Waals surface area contributed by atoms with Crippen LogP contribution in [0.4, 0.5) is 4.79 Å².